The average Bonchev–Trinajstić information content (AvgIpc) is 2.13. The first-order chi connectivity index (χ1) is 7.31. The van der Waals surface area contributed by atoms with Gasteiger partial charge < -0.3 is 19.9 Å². The van der Waals surface area contributed by atoms with Crippen LogP contribution in [0, 0.1) is 5.41 Å². The molecule has 5 nitrogen and oxygen atoms in total. The highest BCUT2D eigenvalue weighted by Crippen LogP contribution is 2.23. The second-order valence-electron chi connectivity index (χ2n) is 4.92. The van der Waals surface area contributed by atoms with Crippen LogP contribution in [0.25, 0.3) is 0 Å². The van der Waals surface area contributed by atoms with E-state index in [2.05, 4.69) is 5.32 Å². The molecule has 0 aromatic heterocycles. The van der Waals surface area contributed by atoms with E-state index < -0.39 is 6.09 Å². The number of hydrogen-bond acceptors (Lipinski definition) is 3. The minimum atomic E-state index is -1.01. The predicted octanol–water partition coefficient (Wildman–Crippen LogP) is 1.72. The van der Waals surface area contributed by atoms with Crippen LogP contribution in [0.3, 0.4) is 0 Å². The lowest BCUT2D eigenvalue weighted by Gasteiger charge is -2.32. The number of hydrogen-bond donors (Lipinski definition) is 2. The fourth-order valence-electron chi connectivity index (χ4n) is 1.46. The number of ether oxygens (including phenoxy) is 2. The number of amides is 1. The van der Waals surface area contributed by atoms with E-state index in [-0.39, 0.29) is 17.6 Å². The molecule has 0 heterocycles. The summed E-state index contributed by atoms with van der Waals surface area (Å²) in [5, 5.41) is 11.3. The van der Waals surface area contributed by atoms with Crippen molar-refractivity contribution >= 4 is 6.09 Å². The highest BCUT2D eigenvalue weighted by atomic mass is 16.5. The van der Waals surface area contributed by atoms with E-state index in [1.165, 1.54) is 0 Å². The number of methoxy groups -OCH3 is 2. The number of rotatable bonds is 6. The molecule has 0 bridgehead atoms. The highest BCUT2D eigenvalue weighted by Gasteiger charge is 2.28. The van der Waals surface area contributed by atoms with Crippen LogP contribution in [0.15, 0.2) is 0 Å². The number of carbonyl (C=O) groups is 1. The molecule has 0 saturated heterocycles. The van der Waals surface area contributed by atoms with Gasteiger partial charge in [-0.05, 0) is 11.8 Å². The van der Waals surface area contributed by atoms with Gasteiger partial charge in [0.1, 0.15) is 0 Å². The molecule has 16 heavy (non-hydrogen) atoms. The van der Waals surface area contributed by atoms with Crippen molar-refractivity contribution in [2.24, 2.45) is 5.41 Å². The van der Waals surface area contributed by atoms with Gasteiger partial charge in [-0.2, -0.15) is 0 Å². The van der Waals surface area contributed by atoms with E-state index in [9.17, 15) is 4.79 Å². The summed E-state index contributed by atoms with van der Waals surface area (Å²) in [5.41, 5.74) is -0.150. The lowest BCUT2D eigenvalue weighted by Crippen LogP contribution is -2.46. The molecule has 0 aromatic carbocycles. The predicted molar refractivity (Wildman–Crippen MR) is 61.7 cm³/mol. The van der Waals surface area contributed by atoms with Crippen molar-refractivity contribution in [1.82, 2.24) is 5.32 Å². The Morgan fingerprint density at radius 2 is 1.94 bits per heavy atom. The minimum Gasteiger partial charge on any atom is -0.465 e. The third kappa shape index (κ3) is 5.92. The maximum Gasteiger partial charge on any atom is 0.404 e. The first kappa shape index (κ1) is 15.2. The van der Waals surface area contributed by atoms with Crippen LogP contribution in [0.4, 0.5) is 4.79 Å². The van der Waals surface area contributed by atoms with E-state index in [0.717, 1.165) is 0 Å². The Morgan fingerprint density at radius 1 is 1.38 bits per heavy atom. The van der Waals surface area contributed by atoms with Crippen molar-refractivity contribution in [3.05, 3.63) is 0 Å². The Morgan fingerprint density at radius 3 is 2.25 bits per heavy atom. The van der Waals surface area contributed by atoms with Crippen molar-refractivity contribution in [1.29, 1.82) is 0 Å². The largest absolute Gasteiger partial charge is 0.465 e. The van der Waals surface area contributed by atoms with Crippen molar-refractivity contribution in [3.8, 4) is 0 Å². The van der Waals surface area contributed by atoms with Gasteiger partial charge in [0.15, 0.2) is 0 Å². The molecule has 0 saturated carbocycles. The zero-order valence-corrected chi connectivity index (χ0v) is 10.7. The fraction of sp³-hybridized carbons (Fsp3) is 0.909. The fourth-order valence-corrected chi connectivity index (χ4v) is 1.46. The van der Waals surface area contributed by atoms with Gasteiger partial charge in [0.2, 0.25) is 0 Å². The molecule has 0 spiro atoms. The van der Waals surface area contributed by atoms with Crippen LogP contribution < -0.4 is 5.32 Å². The van der Waals surface area contributed by atoms with Gasteiger partial charge in [-0.15, -0.1) is 0 Å². The maximum atomic E-state index is 10.7. The molecule has 0 radical (unpaired) electrons. The molecule has 96 valence electrons. The van der Waals surface area contributed by atoms with Crippen molar-refractivity contribution in [2.45, 2.75) is 39.3 Å². The van der Waals surface area contributed by atoms with Gasteiger partial charge in [0, 0.05) is 20.3 Å². The summed E-state index contributed by atoms with van der Waals surface area (Å²) in [5.74, 6) is 0. The van der Waals surface area contributed by atoms with Gasteiger partial charge in [-0.25, -0.2) is 4.79 Å². The molecule has 0 aliphatic heterocycles. The van der Waals surface area contributed by atoms with Crippen LogP contribution in [0.5, 0.6) is 0 Å². The molecular formula is C11H23NO4. The monoisotopic (exact) mass is 233 g/mol. The summed E-state index contributed by atoms with van der Waals surface area (Å²) in [6.07, 6.45) is -0.506. The summed E-state index contributed by atoms with van der Waals surface area (Å²) in [4.78, 5) is 10.7. The van der Waals surface area contributed by atoms with Crippen LogP contribution in [-0.2, 0) is 9.47 Å². The molecule has 2 N–H and O–H groups in total. The Hall–Kier alpha value is -0.810. The topological polar surface area (TPSA) is 67.8 Å². The first-order valence-electron chi connectivity index (χ1n) is 5.32. The molecule has 1 amide bonds. The summed E-state index contributed by atoms with van der Waals surface area (Å²) < 4.78 is 10.3. The maximum absolute atomic E-state index is 10.7. The van der Waals surface area contributed by atoms with Crippen LogP contribution >= 0.6 is 0 Å². The summed E-state index contributed by atoms with van der Waals surface area (Å²) in [6.45, 7) is 6.44. The zero-order chi connectivity index (χ0) is 12.8. The second-order valence-corrected chi connectivity index (χ2v) is 4.92. The van der Waals surface area contributed by atoms with Gasteiger partial charge in [0.25, 0.3) is 0 Å². The average molecular weight is 233 g/mol. The Labute approximate surface area is 97.1 Å². The van der Waals surface area contributed by atoms with Gasteiger partial charge >= 0.3 is 6.09 Å². The van der Waals surface area contributed by atoms with Gasteiger partial charge in [-0.1, -0.05) is 20.8 Å². The first-order valence-corrected chi connectivity index (χ1v) is 5.32. The summed E-state index contributed by atoms with van der Waals surface area (Å²) >= 11 is 0. The van der Waals surface area contributed by atoms with Gasteiger partial charge in [-0.3, -0.25) is 0 Å². The lowest BCUT2D eigenvalue weighted by atomic mass is 9.83. The molecular weight excluding hydrogens is 210 g/mol. The third-order valence-corrected chi connectivity index (χ3v) is 2.53. The molecule has 0 aromatic rings. The molecule has 1 unspecified atom stereocenters. The smallest absolute Gasteiger partial charge is 0.404 e. The van der Waals surface area contributed by atoms with Crippen LogP contribution in [-0.4, -0.2) is 44.2 Å². The highest BCUT2D eigenvalue weighted by molar-refractivity contribution is 5.64. The quantitative estimate of drug-likeness (QED) is 0.733. The molecule has 0 aliphatic carbocycles. The second kappa shape index (κ2) is 6.70. The zero-order valence-electron chi connectivity index (χ0n) is 10.7. The van der Waals surface area contributed by atoms with Crippen molar-refractivity contribution in [2.75, 3.05) is 20.8 Å². The molecule has 5 heteroatoms. The van der Waals surface area contributed by atoms with Crippen molar-refractivity contribution < 1.29 is 19.4 Å². The Balaban J connectivity index is 4.46. The number of carboxylic acid groups (broad SMARTS) is 1. The summed E-state index contributed by atoms with van der Waals surface area (Å²) in [6, 6.07) is -0.162. The van der Waals surface area contributed by atoms with E-state index >= 15 is 0 Å². The van der Waals surface area contributed by atoms with E-state index in [1.807, 2.05) is 20.8 Å². The van der Waals surface area contributed by atoms with E-state index in [4.69, 9.17) is 14.6 Å². The normalized spacial score (nSPS) is 15.6. The molecule has 2 atom stereocenters. The standard InChI is InChI=1S/C11H23NO4/c1-11(2,3)9(12-10(13)14)6-8(16-5)7-15-4/h8-9,12H,6-7H2,1-5H3,(H,13,14)/t8-,9?/m0/s1. The van der Waals surface area contributed by atoms with Crippen molar-refractivity contribution in [3.63, 3.8) is 0 Å². The lowest BCUT2D eigenvalue weighted by molar-refractivity contribution is 0.00924. The SMILES string of the molecule is COC[C@H](CC(NC(=O)O)C(C)(C)C)OC. The summed E-state index contributed by atoms with van der Waals surface area (Å²) in [7, 11) is 3.20. The van der Waals surface area contributed by atoms with E-state index in [0.29, 0.717) is 13.0 Å². The number of nitrogens with one attached hydrogen (secondary N) is 1. The Kier molecular flexibility index (Phi) is 6.36. The molecule has 0 fully saturated rings. The minimum absolute atomic E-state index is 0.0962. The molecule has 0 rings (SSSR count). The third-order valence-electron chi connectivity index (χ3n) is 2.53. The molecule has 0 aliphatic rings. The Bertz CT molecular complexity index is 213. The van der Waals surface area contributed by atoms with Crippen LogP contribution in [0.1, 0.15) is 27.2 Å². The van der Waals surface area contributed by atoms with E-state index in [1.54, 1.807) is 14.2 Å². The van der Waals surface area contributed by atoms with Gasteiger partial charge in [0.05, 0.1) is 12.7 Å². The van der Waals surface area contributed by atoms with Crippen LogP contribution in [0.2, 0.25) is 0 Å².